The summed E-state index contributed by atoms with van der Waals surface area (Å²) < 4.78 is 33.1. The van der Waals surface area contributed by atoms with Crippen LogP contribution in [-0.4, -0.2) is 25.4 Å². The topological polar surface area (TPSA) is 38.7 Å². The summed E-state index contributed by atoms with van der Waals surface area (Å²) in [6.45, 7) is -0.348. The van der Waals surface area contributed by atoms with Crippen molar-refractivity contribution in [3.63, 3.8) is 0 Å². The van der Waals surface area contributed by atoms with E-state index in [-0.39, 0.29) is 11.7 Å². The van der Waals surface area contributed by atoms with Crippen LogP contribution in [0.4, 0.5) is 8.78 Å². The number of methoxy groups -OCH3 is 1. The lowest BCUT2D eigenvalue weighted by molar-refractivity contribution is -0.0498. The second kappa shape index (κ2) is 7.28. The van der Waals surface area contributed by atoms with Crippen molar-refractivity contribution in [1.82, 2.24) is 0 Å². The Kier molecular flexibility index (Phi) is 6.01. The van der Waals surface area contributed by atoms with E-state index in [4.69, 9.17) is 4.74 Å². The molecule has 2 atom stereocenters. The molecule has 1 N–H and O–H groups in total. The number of benzene rings is 1. The Hall–Kier alpha value is -1.20. The van der Waals surface area contributed by atoms with E-state index in [0.717, 1.165) is 6.42 Å². The lowest BCUT2D eigenvalue weighted by atomic mass is 9.95. The van der Waals surface area contributed by atoms with Gasteiger partial charge in [0.2, 0.25) is 0 Å². The summed E-state index contributed by atoms with van der Waals surface area (Å²) in [5, 5.41) is 10.0. The molecule has 5 heteroatoms. The Morgan fingerprint density at radius 3 is 2.33 bits per heavy atom. The molecule has 1 rings (SSSR count). The van der Waals surface area contributed by atoms with Crippen LogP contribution in [0, 0.1) is 5.92 Å². The van der Waals surface area contributed by atoms with Crippen LogP contribution >= 0.6 is 0 Å². The number of alkyl halides is 2. The van der Waals surface area contributed by atoms with Crippen LogP contribution in [0.2, 0.25) is 0 Å². The quantitative estimate of drug-likeness (QED) is 0.819. The maximum absolute atomic E-state index is 12.0. The number of hydrogen-bond donors (Lipinski definition) is 1. The molecule has 0 saturated heterocycles. The third-order valence-corrected chi connectivity index (χ3v) is 2.76. The van der Waals surface area contributed by atoms with Gasteiger partial charge in [0.25, 0.3) is 0 Å². The average molecular weight is 260 g/mol. The van der Waals surface area contributed by atoms with Crippen LogP contribution in [0.1, 0.15) is 25.0 Å². The monoisotopic (exact) mass is 260 g/mol. The molecular weight excluding hydrogens is 242 g/mol. The lowest BCUT2D eigenvalue weighted by Crippen LogP contribution is -2.11. The first-order chi connectivity index (χ1) is 8.54. The molecular formula is C13H18F2O3. The number of aliphatic hydroxyl groups is 1. The van der Waals surface area contributed by atoms with E-state index in [1.165, 1.54) is 12.1 Å². The van der Waals surface area contributed by atoms with Crippen molar-refractivity contribution in [1.29, 1.82) is 0 Å². The Labute approximate surface area is 105 Å². The van der Waals surface area contributed by atoms with Gasteiger partial charge in [-0.3, -0.25) is 0 Å². The largest absolute Gasteiger partial charge is 0.435 e. The normalized spacial score (nSPS) is 14.6. The summed E-state index contributed by atoms with van der Waals surface area (Å²) in [5.74, 6) is 0.123. The van der Waals surface area contributed by atoms with Crippen LogP contribution in [0.5, 0.6) is 5.75 Å². The molecule has 0 aliphatic carbocycles. The molecule has 0 spiro atoms. The zero-order chi connectivity index (χ0) is 13.5. The maximum Gasteiger partial charge on any atom is 0.387 e. The summed E-state index contributed by atoms with van der Waals surface area (Å²) in [5.41, 5.74) is 0.681. The third kappa shape index (κ3) is 4.58. The first-order valence-corrected chi connectivity index (χ1v) is 5.76. The van der Waals surface area contributed by atoms with E-state index < -0.39 is 12.7 Å². The van der Waals surface area contributed by atoms with Gasteiger partial charge in [0.1, 0.15) is 5.75 Å². The van der Waals surface area contributed by atoms with Gasteiger partial charge >= 0.3 is 6.61 Å². The molecule has 0 amide bonds. The number of rotatable bonds is 7. The van der Waals surface area contributed by atoms with Gasteiger partial charge in [-0.15, -0.1) is 0 Å². The first-order valence-electron chi connectivity index (χ1n) is 5.76. The van der Waals surface area contributed by atoms with E-state index in [9.17, 15) is 13.9 Å². The van der Waals surface area contributed by atoms with Gasteiger partial charge in [0.05, 0.1) is 6.10 Å². The summed E-state index contributed by atoms with van der Waals surface area (Å²) in [6, 6.07) is 6.03. The van der Waals surface area contributed by atoms with Gasteiger partial charge < -0.3 is 14.6 Å². The van der Waals surface area contributed by atoms with Gasteiger partial charge in [0.15, 0.2) is 0 Å². The number of hydrogen-bond acceptors (Lipinski definition) is 3. The molecule has 1 aromatic rings. The molecule has 102 valence electrons. The van der Waals surface area contributed by atoms with E-state index >= 15 is 0 Å². The molecule has 0 aliphatic rings. The second-order valence-corrected chi connectivity index (χ2v) is 4.15. The Morgan fingerprint density at radius 1 is 1.22 bits per heavy atom. The van der Waals surface area contributed by atoms with E-state index in [1.807, 2.05) is 6.92 Å². The fraction of sp³-hybridized carbons (Fsp3) is 0.538. The van der Waals surface area contributed by atoms with Gasteiger partial charge in [-0.1, -0.05) is 19.1 Å². The first kappa shape index (κ1) is 14.9. The van der Waals surface area contributed by atoms with Crippen LogP contribution < -0.4 is 4.74 Å². The van der Waals surface area contributed by atoms with Gasteiger partial charge in [-0.25, -0.2) is 0 Å². The van der Waals surface area contributed by atoms with Crippen LogP contribution in [0.3, 0.4) is 0 Å². The summed E-state index contributed by atoms with van der Waals surface area (Å²) in [4.78, 5) is 0. The fourth-order valence-electron chi connectivity index (χ4n) is 1.64. The minimum absolute atomic E-state index is 0.0341. The van der Waals surface area contributed by atoms with Crippen molar-refractivity contribution >= 4 is 0 Å². The van der Waals surface area contributed by atoms with Crippen molar-refractivity contribution < 1.29 is 23.4 Å². The highest BCUT2D eigenvalue weighted by Gasteiger charge is 2.16. The molecule has 1 aromatic carbocycles. The summed E-state index contributed by atoms with van der Waals surface area (Å²) in [7, 11) is 1.61. The predicted molar refractivity (Wildman–Crippen MR) is 63.7 cm³/mol. The average Bonchev–Trinajstić information content (AvgIpc) is 2.35. The van der Waals surface area contributed by atoms with Crippen LogP contribution in [0.25, 0.3) is 0 Å². The molecule has 0 fully saturated rings. The van der Waals surface area contributed by atoms with Crippen molar-refractivity contribution in [3.05, 3.63) is 29.8 Å². The maximum atomic E-state index is 12.0. The molecule has 0 saturated carbocycles. The zero-order valence-electron chi connectivity index (χ0n) is 10.5. The Bertz CT molecular complexity index is 341. The van der Waals surface area contributed by atoms with Crippen molar-refractivity contribution in [2.75, 3.05) is 13.7 Å². The van der Waals surface area contributed by atoms with Gasteiger partial charge in [-0.2, -0.15) is 8.78 Å². The highest BCUT2D eigenvalue weighted by atomic mass is 19.3. The van der Waals surface area contributed by atoms with Crippen molar-refractivity contribution in [2.45, 2.75) is 26.1 Å². The lowest BCUT2D eigenvalue weighted by Gasteiger charge is -2.19. The highest BCUT2D eigenvalue weighted by molar-refractivity contribution is 5.28. The molecule has 2 unspecified atom stereocenters. The van der Waals surface area contributed by atoms with Crippen LogP contribution in [-0.2, 0) is 4.74 Å². The SMILES string of the molecule is COCCC(C)C(O)c1ccc(OC(F)F)cc1. The molecule has 0 heterocycles. The molecule has 18 heavy (non-hydrogen) atoms. The number of halogens is 2. The van der Waals surface area contributed by atoms with E-state index in [2.05, 4.69) is 4.74 Å². The van der Waals surface area contributed by atoms with Gasteiger partial charge in [0, 0.05) is 13.7 Å². The Morgan fingerprint density at radius 2 is 1.83 bits per heavy atom. The molecule has 0 aromatic heterocycles. The minimum Gasteiger partial charge on any atom is -0.435 e. The fourth-order valence-corrected chi connectivity index (χ4v) is 1.64. The van der Waals surface area contributed by atoms with Gasteiger partial charge in [-0.05, 0) is 30.0 Å². The zero-order valence-corrected chi connectivity index (χ0v) is 10.5. The van der Waals surface area contributed by atoms with Crippen LogP contribution in [0.15, 0.2) is 24.3 Å². The summed E-state index contributed by atoms with van der Waals surface area (Å²) in [6.07, 6.45) is 0.0909. The Balaban J connectivity index is 2.60. The predicted octanol–water partition coefficient (Wildman–Crippen LogP) is 2.99. The molecule has 3 nitrogen and oxygen atoms in total. The molecule has 0 radical (unpaired) electrons. The van der Waals surface area contributed by atoms with E-state index in [0.29, 0.717) is 12.2 Å². The van der Waals surface area contributed by atoms with Crippen molar-refractivity contribution in [3.8, 4) is 5.75 Å². The standard InChI is InChI=1S/C13H18F2O3/c1-9(7-8-17-2)12(16)10-3-5-11(6-4-10)18-13(14)15/h3-6,9,12-13,16H,7-8H2,1-2H3. The number of ether oxygens (including phenoxy) is 2. The smallest absolute Gasteiger partial charge is 0.387 e. The third-order valence-electron chi connectivity index (χ3n) is 2.76. The summed E-state index contributed by atoms with van der Waals surface area (Å²) >= 11 is 0. The second-order valence-electron chi connectivity index (χ2n) is 4.15. The molecule has 0 bridgehead atoms. The van der Waals surface area contributed by atoms with E-state index in [1.54, 1.807) is 19.2 Å². The number of aliphatic hydroxyl groups excluding tert-OH is 1. The highest BCUT2D eigenvalue weighted by Crippen LogP contribution is 2.26. The van der Waals surface area contributed by atoms with Crippen molar-refractivity contribution in [2.24, 2.45) is 5.92 Å². The minimum atomic E-state index is -2.83. The molecule has 0 aliphatic heterocycles.